The molecule has 0 atom stereocenters. The first-order valence-electron chi connectivity index (χ1n) is 6.59. The van der Waals surface area contributed by atoms with Crippen LogP contribution >= 0.6 is 0 Å². The van der Waals surface area contributed by atoms with Crippen LogP contribution in [-0.4, -0.2) is 20.5 Å². The van der Waals surface area contributed by atoms with Gasteiger partial charge in [-0.2, -0.15) is 0 Å². The van der Waals surface area contributed by atoms with E-state index in [2.05, 4.69) is 9.71 Å². The van der Waals surface area contributed by atoms with Gasteiger partial charge >= 0.3 is 0 Å². The van der Waals surface area contributed by atoms with Crippen LogP contribution in [0.25, 0.3) is 0 Å². The van der Waals surface area contributed by atoms with Crippen molar-refractivity contribution in [1.82, 2.24) is 9.71 Å². The number of pyridine rings is 1. The van der Waals surface area contributed by atoms with Crippen LogP contribution in [0.4, 0.5) is 4.39 Å². The number of nitrogens with one attached hydrogen (secondary N) is 1. The topological polar surface area (TPSA) is 68.3 Å². The van der Waals surface area contributed by atoms with Gasteiger partial charge in [-0.05, 0) is 37.6 Å². The zero-order chi connectivity index (χ0) is 16.3. The molecule has 1 aromatic carbocycles. The monoisotopic (exact) mass is 324 g/mol. The Morgan fingerprint density at radius 1 is 1.23 bits per heavy atom. The predicted octanol–water partition coefficient (Wildman–Crippen LogP) is 2.32. The first-order valence-corrected chi connectivity index (χ1v) is 8.08. The molecule has 0 aliphatic rings. The predicted molar refractivity (Wildman–Crippen MR) is 80.7 cm³/mol. The van der Waals surface area contributed by atoms with E-state index in [1.165, 1.54) is 26.2 Å². The summed E-state index contributed by atoms with van der Waals surface area (Å²) in [5, 5.41) is 0. The Hall–Kier alpha value is -1.99. The molecule has 5 nitrogen and oxygen atoms in total. The van der Waals surface area contributed by atoms with Crippen LogP contribution in [0.3, 0.4) is 0 Å². The van der Waals surface area contributed by atoms with Crippen molar-refractivity contribution in [3.05, 3.63) is 53.1 Å². The third-order valence-electron chi connectivity index (χ3n) is 3.25. The molecule has 0 unspecified atom stereocenters. The highest BCUT2D eigenvalue weighted by molar-refractivity contribution is 7.89. The molecule has 0 bridgehead atoms. The summed E-state index contributed by atoms with van der Waals surface area (Å²) in [5.41, 5.74) is 1.59. The number of benzene rings is 1. The number of halogens is 1. The molecule has 1 heterocycles. The average Bonchev–Trinajstić information content (AvgIpc) is 2.49. The van der Waals surface area contributed by atoms with Crippen molar-refractivity contribution in [2.24, 2.45) is 0 Å². The summed E-state index contributed by atoms with van der Waals surface area (Å²) in [6.45, 7) is 3.33. The molecule has 0 aliphatic carbocycles. The number of sulfonamides is 1. The Kier molecular flexibility index (Phi) is 4.77. The van der Waals surface area contributed by atoms with Crippen LogP contribution in [0.2, 0.25) is 0 Å². The lowest BCUT2D eigenvalue weighted by Crippen LogP contribution is -2.24. The van der Waals surface area contributed by atoms with Crippen LogP contribution in [0.15, 0.2) is 35.4 Å². The van der Waals surface area contributed by atoms with E-state index in [9.17, 15) is 12.8 Å². The molecule has 118 valence electrons. The molecule has 2 rings (SSSR count). The number of aromatic nitrogens is 1. The zero-order valence-corrected chi connectivity index (χ0v) is 13.4. The van der Waals surface area contributed by atoms with E-state index < -0.39 is 15.8 Å². The molecule has 0 fully saturated rings. The van der Waals surface area contributed by atoms with Crippen LogP contribution in [0, 0.1) is 19.7 Å². The molecule has 7 heteroatoms. The highest BCUT2D eigenvalue weighted by Gasteiger charge is 2.21. The Labute approximate surface area is 129 Å². The van der Waals surface area contributed by atoms with Crippen molar-refractivity contribution in [2.45, 2.75) is 25.3 Å². The second-order valence-electron chi connectivity index (χ2n) is 4.84. The van der Waals surface area contributed by atoms with Crippen LogP contribution in [-0.2, 0) is 16.6 Å². The first kappa shape index (κ1) is 16.4. The molecule has 0 amide bonds. The summed E-state index contributed by atoms with van der Waals surface area (Å²) in [5.74, 6) is -0.665. The summed E-state index contributed by atoms with van der Waals surface area (Å²) >= 11 is 0. The van der Waals surface area contributed by atoms with Gasteiger partial charge in [0, 0.05) is 24.0 Å². The lowest BCUT2D eigenvalue weighted by molar-refractivity contribution is 0.384. The van der Waals surface area contributed by atoms with Gasteiger partial charge in [0.2, 0.25) is 10.0 Å². The molecule has 2 aromatic rings. The highest BCUT2D eigenvalue weighted by atomic mass is 32.2. The quantitative estimate of drug-likeness (QED) is 0.916. The number of hydrogen-bond acceptors (Lipinski definition) is 4. The smallest absolute Gasteiger partial charge is 0.241 e. The van der Waals surface area contributed by atoms with Gasteiger partial charge in [-0.15, -0.1) is 0 Å². The minimum Gasteiger partial charge on any atom is -0.494 e. The van der Waals surface area contributed by atoms with E-state index in [-0.39, 0.29) is 22.8 Å². The van der Waals surface area contributed by atoms with E-state index in [0.29, 0.717) is 0 Å². The Balaban J connectivity index is 2.24. The van der Waals surface area contributed by atoms with Gasteiger partial charge in [0.1, 0.15) is 0 Å². The third kappa shape index (κ3) is 3.42. The molecule has 1 N–H and O–H groups in total. The zero-order valence-electron chi connectivity index (χ0n) is 12.6. The lowest BCUT2D eigenvalue weighted by atomic mass is 10.2. The number of hydrogen-bond donors (Lipinski definition) is 1. The summed E-state index contributed by atoms with van der Waals surface area (Å²) in [7, 11) is -2.49. The molecule has 0 aliphatic heterocycles. The fraction of sp³-hybridized carbons (Fsp3) is 0.267. The molecular formula is C15H17FN2O3S. The van der Waals surface area contributed by atoms with Crippen LogP contribution < -0.4 is 9.46 Å². The molecule has 0 saturated heterocycles. The van der Waals surface area contributed by atoms with Gasteiger partial charge in [-0.1, -0.05) is 6.07 Å². The largest absolute Gasteiger partial charge is 0.494 e. The lowest BCUT2D eigenvalue weighted by Gasteiger charge is -2.12. The van der Waals surface area contributed by atoms with E-state index in [1.54, 1.807) is 18.3 Å². The molecule has 22 heavy (non-hydrogen) atoms. The summed E-state index contributed by atoms with van der Waals surface area (Å²) in [6.07, 6.45) is 1.60. The number of aryl methyl sites for hydroxylation is 1. The van der Waals surface area contributed by atoms with E-state index in [4.69, 9.17) is 4.74 Å². The number of rotatable bonds is 5. The molecule has 0 spiro atoms. The molecule has 0 saturated carbocycles. The number of methoxy groups -OCH3 is 1. The Morgan fingerprint density at radius 2 is 1.95 bits per heavy atom. The normalized spacial score (nSPS) is 11.5. The van der Waals surface area contributed by atoms with Gasteiger partial charge in [0.25, 0.3) is 0 Å². The molecular weight excluding hydrogens is 307 g/mol. The number of ether oxygens (including phenoxy) is 1. The second-order valence-corrected chi connectivity index (χ2v) is 6.57. The van der Waals surface area contributed by atoms with Gasteiger partial charge in [0.05, 0.1) is 12.0 Å². The van der Waals surface area contributed by atoms with E-state index in [0.717, 1.165) is 11.3 Å². The summed E-state index contributed by atoms with van der Waals surface area (Å²) < 4.78 is 45.9. The van der Waals surface area contributed by atoms with E-state index in [1.807, 2.05) is 6.92 Å². The maximum Gasteiger partial charge on any atom is 0.241 e. The van der Waals surface area contributed by atoms with E-state index >= 15 is 0 Å². The van der Waals surface area contributed by atoms with Crippen LogP contribution in [0.5, 0.6) is 5.75 Å². The SMILES string of the molecule is COc1ccc(S(=O)(=O)NCc2ccc(C)nc2)c(C)c1F. The molecule has 0 radical (unpaired) electrons. The second kappa shape index (κ2) is 6.41. The van der Waals surface area contributed by atoms with Gasteiger partial charge < -0.3 is 4.74 Å². The van der Waals surface area contributed by atoms with Crippen molar-refractivity contribution in [3.63, 3.8) is 0 Å². The van der Waals surface area contributed by atoms with Crippen molar-refractivity contribution in [3.8, 4) is 5.75 Å². The maximum absolute atomic E-state index is 14.0. The standard InChI is InChI=1S/C15H17FN2O3S/c1-10-4-5-12(8-17-10)9-18-22(19,20)14-7-6-13(21-3)15(16)11(14)2/h4-8,18H,9H2,1-3H3. The first-order chi connectivity index (χ1) is 10.3. The van der Waals surface area contributed by atoms with Gasteiger partial charge in [-0.3, -0.25) is 4.98 Å². The minimum absolute atomic E-state index is 0.0131. The maximum atomic E-state index is 14.0. The minimum atomic E-state index is -3.82. The molecule has 1 aromatic heterocycles. The average molecular weight is 324 g/mol. The van der Waals surface area contributed by atoms with Crippen molar-refractivity contribution in [1.29, 1.82) is 0 Å². The van der Waals surface area contributed by atoms with Crippen molar-refractivity contribution in [2.75, 3.05) is 7.11 Å². The van der Waals surface area contributed by atoms with Crippen LogP contribution in [0.1, 0.15) is 16.8 Å². The van der Waals surface area contributed by atoms with Gasteiger partial charge in [-0.25, -0.2) is 17.5 Å². The van der Waals surface area contributed by atoms with Gasteiger partial charge in [0.15, 0.2) is 11.6 Å². The van der Waals surface area contributed by atoms with Crippen molar-refractivity contribution >= 4 is 10.0 Å². The summed E-state index contributed by atoms with van der Waals surface area (Å²) in [4.78, 5) is 3.99. The Morgan fingerprint density at radius 3 is 2.55 bits per heavy atom. The fourth-order valence-electron chi connectivity index (χ4n) is 1.95. The third-order valence-corrected chi connectivity index (χ3v) is 4.80. The van der Waals surface area contributed by atoms with Crippen molar-refractivity contribution < 1.29 is 17.5 Å². The fourth-order valence-corrected chi connectivity index (χ4v) is 3.20. The highest BCUT2D eigenvalue weighted by Crippen LogP contribution is 2.25. The Bertz CT molecular complexity index is 774. The number of nitrogens with zero attached hydrogens (tertiary/aromatic N) is 1. The summed E-state index contributed by atoms with van der Waals surface area (Å²) in [6, 6.07) is 6.20.